The van der Waals surface area contributed by atoms with Crippen molar-refractivity contribution in [3.63, 3.8) is 0 Å². The number of hydrogen-bond donors (Lipinski definition) is 3. The second kappa shape index (κ2) is 17.4. The summed E-state index contributed by atoms with van der Waals surface area (Å²) >= 11 is 0. The van der Waals surface area contributed by atoms with Gasteiger partial charge in [-0.1, -0.05) is 62.9 Å². The van der Waals surface area contributed by atoms with Gasteiger partial charge in [0, 0.05) is 36.8 Å². The fourth-order valence-corrected chi connectivity index (χ4v) is 4.73. The lowest BCUT2D eigenvalue weighted by Gasteiger charge is -2.27. The van der Waals surface area contributed by atoms with Crippen molar-refractivity contribution >= 4 is 40.4 Å². The third kappa shape index (κ3) is 9.70. The largest absolute Gasteiger partial charge is 0.433 e. The van der Waals surface area contributed by atoms with E-state index in [4.69, 9.17) is 9.47 Å². The summed E-state index contributed by atoms with van der Waals surface area (Å²) in [4.78, 5) is 69.6. The standard InChI is InChI=1S/C32H35N5O7.C2H6/c1-4-43-32-25(16-27(39)44-32)36-26(38)19-37(18-20(2)17-34-29(40)23-11-6-5-7-12-23)31(42)21(3)35-30(41)28-24-13-9-8-10-22(24)14-15-33-28;1-2/h5-15,21,25,32H,2,4,16-19H2,1,3H3,(H,34,40)(H,35,41)(H,36,38);1-2H3. The van der Waals surface area contributed by atoms with E-state index in [0.717, 1.165) is 5.39 Å². The van der Waals surface area contributed by atoms with Crippen LogP contribution >= 0.6 is 0 Å². The van der Waals surface area contributed by atoms with Crippen LogP contribution in [0.3, 0.4) is 0 Å². The molecule has 4 rings (SSSR count). The molecule has 0 saturated carbocycles. The SMILES string of the molecule is C=C(CNC(=O)c1ccccc1)CN(CC(=O)NC1CC(=O)OC1OCC)C(=O)C(C)NC(=O)c1nccc2ccccc12.CC. The third-order valence-corrected chi connectivity index (χ3v) is 6.84. The van der Waals surface area contributed by atoms with Crippen molar-refractivity contribution in [3.8, 4) is 0 Å². The highest BCUT2D eigenvalue weighted by atomic mass is 16.7. The molecule has 46 heavy (non-hydrogen) atoms. The molecule has 0 radical (unpaired) electrons. The van der Waals surface area contributed by atoms with Gasteiger partial charge in [-0.15, -0.1) is 0 Å². The molecular weight excluding hydrogens is 590 g/mol. The van der Waals surface area contributed by atoms with Crippen molar-refractivity contribution in [2.75, 3.05) is 26.2 Å². The second-order valence-corrected chi connectivity index (χ2v) is 10.3. The Balaban J connectivity index is 0.00000282. The van der Waals surface area contributed by atoms with Gasteiger partial charge in [0.05, 0.1) is 13.0 Å². The number of nitrogens with zero attached hydrogens (tertiary/aromatic N) is 2. The van der Waals surface area contributed by atoms with E-state index in [1.807, 2.05) is 26.0 Å². The Bertz CT molecular complexity index is 1540. The topological polar surface area (TPSA) is 156 Å². The van der Waals surface area contributed by atoms with Crippen molar-refractivity contribution in [1.29, 1.82) is 0 Å². The number of cyclic esters (lactones) is 1. The zero-order valence-corrected chi connectivity index (χ0v) is 26.6. The molecule has 1 aliphatic heterocycles. The first kappa shape index (κ1) is 35.4. The highest BCUT2D eigenvalue weighted by molar-refractivity contribution is 6.06. The molecule has 1 aliphatic rings. The molecule has 1 fully saturated rings. The van der Waals surface area contributed by atoms with E-state index in [1.165, 1.54) is 18.0 Å². The summed E-state index contributed by atoms with van der Waals surface area (Å²) in [5, 5.41) is 9.58. The first-order valence-electron chi connectivity index (χ1n) is 15.2. The minimum atomic E-state index is -1.05. The minimum Gasteiger partial charge on any atom is -0.433 e. The van der Waals surface area contributed by atoms with E-state index < -0.39 is 48.6 Å². The van der Waals surface area contributed by atoms with Crippen LogP contribution < -0.4 is 16.0 Å². The van der Waals surface area contributed by atoms with Crippen LogP contribution in [0.5, 0.6) is 0 Å². The number of ether oxygens (including phenoxy) is 2. The van der Waals surface area contributed by atoms with Crippen LogP contribution in [0.15, 0.2) is 79.0 Å². The summed E-state index contributed by atoms with van der Waals surface area (Å²) in [5.74, 6) is -2.52. The van der Waals surface area contributed by atoms with Crippen molar-refractivity contribution in [2.45, 2.75) is 52.5 Å². The molecule has 3 N–H and O–H groups in total. The molecule has 12 heteroatoms. The molecule has 0 spiro atoms. The molecule has 3 unspecified atom stereocenters. The summed E-state index contributed by atoms with van der Waals surface area (Å²) in [6.45, 7) is 11.0. The molecule has 1 saturated heterocycles. The van der Waals surface area contributed by atoms with Crippen molar-refractivity contribution in [3.05, 3.63) is 90.3 Å². The zero-order chi connectivity index (χ0) is 33.6. The first-order valence-corrected chi connectivity index (χ1v) is 15.2. The summed E-state index contributed by atoms with van der Waals surface area (Å²) in [7, 11) is 0. The molecular formula is C34H41N5O7. The van der Waals surface area contributed by atoms with Gasteiger partial charge in [-0.25, -0.2) is 0 Å². The van der Waals surface area contributed by atoms with E-state index in [9.17, 15) is 24.0 Å². The van der Waals surface area contributed by atoms with Gasteiger partial charge in [0.15, 0.2) is 0 Å². The lowest BCUT2D eigenvalue weighted by molar-refractivity contribution is -0.164. The first-order chi connectivity index (χ1) is 22.2. The number of rotatable bonds is 13. The normalized spacial score (nSPS) is 15.9. The summed E-state index contributed by atoms with van der Waals surface area (Å²) in [6.07, 6.45) is 0.504. The third-order valence-electron chi connectivity index (χ3n) is 6.84. The predicted molar refractivity (Wildman–Crippen MR) is 173 cm³/mol. The predicted octanol–water partition coefficient (Wildman–Crippen LogP) is 2.99. The number of benzene rings is 2. The number of nitrogens with one attached hydrogen (secondary N) is 3. The molecule has 4 amide bonds. The number of esters is 1. The summed E-state index contributed by atoms with van der Waals surface area (Å²) in [5.41, 5.74) is 1.06. The van der Waals surface area contributed by atoms with Crippen LogP contribution in [0.2, 0.25) is 0 Å². The molecule has 12 nitrogen and oxygen atoms in total. The number of carbonyl (C=O) groups excluding carboxylic acids is 5. The summed E-state index contributed by atoms with van der Waals surface area (Å²) < 4.78 is 10.5. The lowest BCUT2D eigenvalue weighted by atomic mass is 10.1. The molecule has 2 heterocycles. The molecule has 3 atom stereocenters. The van der Waals surface area contributed by atoms with Gasteiger partial charge in [-0.2, -0.15) is 0 Å². The van der Waals surface area contributed by atoms with Gasteiger partial charge in [-0.05, 0) is 43.0 Å². The second-order valence-electron chi connectivity index (χ2n) is 10.3. The van der Waals surface area contributed by atoms with Crippen LogP contribution in [0.25, 0.3) is 10.8 Å². The van der Waals surface area contributed by atoms with Crippen LogP contribution in [-0.4, -0.2) is 84.1 Å². The Morgan fingerprint density at radius 2 is 1.72 bits per heavy atom. The Kier molecular flexibility index (Phi) is 13.4. The fraction of sp³-hybridized carbons (Fsp3) is 0.353. The maximum atomic E-state index is 13.6. The number of pyridine rings is 1. The molecule has 0 bridgehead atoms. The van der Waals surface area contributed by atoms with Gasteiger partial charge >= 0.3 is 5.97 Å². The maximum absolute atomic E-state index is 13.6. The lowest BCUT2D eigenvalue weighted by Crippen LogP contribution is -2.52. The number of carbonyl (C=O) groups is 5. The minimum absolute atomic E-state index is 0.0389. The summed E-state index contributed by atoms with van der Waals surface area (Å²) in [6, 6.07) is 15.9. The van der Waals surface area contributed by atoms with Crippen LogP contribution in [0, 0.1) is 0 Å². The average Bonchev–Trinajstić information content (AvgIpc) is 3.41. The van der Waals surface area contributed by atoms with E-state index in [0.29, 0.717) is 16.5 Å². The molecule has 1 aromatic heterocycles. The van der Waals surface area contributed by atoms with Crippen LogP contribution in [-0.2, 0) is 23.9 Å². The van der Waals surface area contributed by atoms with Crippen molar-refractivity contribution in [2.24, 2.45) is 0 Å². The van der Waals surface area contributed by atoms with Crippen LogP contribution in [0.4, 0.5) is 0 Å². The van der Waals surface area contributed by atoms with Gasteiger partial charge < -0.3 is 30.3 Å². The fourth-order valence-electron chi connectivity index (χ4n) is 4.73. The van der Waals surface area contributed by atoms with Crippen molar-refractivity contribution in [1.82, 2.24) is 25.8 Å². The van der Waals surface area contributed by atoms with Gasteiger partial charge in [0.25, 0.3) is 11.8 Å². The van der Waals surface area contributed by atoms with Gasteiger partial charge in [0.1, 0.15) is 17.8 Å². The van der Waals surface area contributed by atoms with Crippen LogP contribution in [0.1, 0.15) is 55.0 Å². The Hall–Kier alpha value is -5.10. The van der Waals surface area contributed by atoms with E-state index in [1.54, 1.807) is 55.5 Å². The maximum Gasteiger partial charge on any atom is 0.310 e. The average molecular weight is 632 g/mol. The number of amides is 4. The number of fused-ring (bicyclic) bond motifs is 1. The zero-order valence-electron chi connectivity index (χ0n) is 26.6. The highest BCUT2D eigenvalue weighted by Crippen LogP contribution is 2.18. The molecule has 244 valence electrons. The highest BCUT2D eigenvalue weighted by Gasteiger charge is 2.37. The molecule has 2 aromatic carbocycles. The van der Waals surface area contributed by atoms with Gasteiger partial charge in [-0.3, -0.25) is 29.0 Å². The number of aromatic nitrogens is 1. The smallest absolute Gasteiger partial charge is 0.310 e. The molecule has 0 aliphatic carbocycles. The Labute approximate surface area is 268 Å². The van der Waals surface area contributed by atoms with Gasteiger partial charge in [0.2, 0.25) is 18.1 Å². The van der Waals surface area contributed by atoms with Crippen molar-refractivity contribution < 1.29 is 33.4 Å². The molecule has 3 aromatic rings. The Morgan fingerprint density at radius 1 is 1.02 bits per heavy atom. The van der Waals surface area contributed by atoms with E-state index >= 15 is 0 Å². The van der Waals surface area contributed by atoms with E-state index in [2.05, 4.69) is 27.5 Å². The van der Waals surface area contributed by atoms with E-state index in [-0.39, 0.29) is 37.7 Å². The monoisotopic (exact) mass is 631 g/mol. The number of hydrogen-bond acceptors (Lipinski definition) is 8. The quantitative estimate of drug-likeness (QED) is 0.192. The Morgan fingerprint density at radius 3 is 2.43 bits per heavy atom.